The number of rotatable bonds is 4. The van der Waals surface area contributed by atoms with Gasteiger partial charge in [0.1, 0.15) is 0 Å². The molecule has 0 atom stereocenters. The molecule has 2 aromatic rings. The van der Waals surface area contributed by atoms with Crippen LogP contribution in [0.5, 0.6) is 0 Å². The van der Waals surface area contributed by atoms with E-state index in [1.54, 1.807) is 6.07 Å². The van der Waals surface area contributed by atoms with Crippen LogP contribution in [0.1, 0.15) is 40.1 Å². The number of hydrogen-bond acceptors (Lipinski definition) is 4. The molecule has 1 aromatic carbocycles. The smallest absolute Gasteiger partial charge is 0.266 e. The molecule has 134 valence electrons. The molecule has 0 unspecified atom stereocenters. The van der Waals surface area contributed by atoms with Gasteiger partial charge < -0.3 is 16.0 Å². The van der Waals surface area contributed by atoms with Crippen LogP contribution < -0.4 is 16.0 Å². The van der Waals surface area contributed by atoms with E-state index in [4.69, 9.17) is 0 Å². The van der Waals surface area contributed by atoms with Crippen molar-refractivity contribution in [1.29, 1.82) is 0 Å². The summed E-state index contributed by atoms with van der Waals surface area (Å²) in [6, 6.07) is 7.32. The van der Waals surface area contributed by atoms with Crippen LogP contribution in [0.15, 0.2) is 24.3 Å². The number of hydrogen-bond donors (Lipinski definition) is 3. The van der Waals surface area contributed by atoms with Crippen molar-refractivity contribution < 1.29 is 14.4 Å². The number of carbonyl (C=O) groups excluding carboxylic acids is 3. The highest BCUT2D eigenvalue weighted by atomic mass is 32.1. The van der Waals surface area contributed by atoms with Gasteiger partial charge in [-0.05, 0) is 61.6 Å². The molecule has 1 fully saturated rings. The summed E-state index contributed by atoms with van der Waals surface area (Å²) in [5.41, 5.74) is 3.35. The topological polar surface area (TPSA) is 87.3 Å². The molecule has 0 radical (unpaired) electrons. The molecule has 26 heavy (non-hydrogen) atoms. The Morgan fingerprint density at radius 3 is 2.73 bits per heavy atom. The third kappa shape index (κ3) is 3.48. The van der Waals surface area contributed by atoms with Crippen molar-refractivity contribution in [2.24, 2.45) is 5.92 Å². The van der Waals surface area contributed by atoms with Gasteiger partial charge in [-0.1, -0.05) is 0 Å². The lowest BCUT2D eigenvalue weighted by Gasteiger charge is -2.17. The summed E-state index contributed by atoms with van der Waals surface area (Å²) in [5, 5.41) is 9.33. The summed E-state index contributed by atoms with van der Waals surface area (Å²) >= 11 is 1.29. The molecule has 1 saturated carbocycles. The molecule has 2 aliphatic rings. The number of anilines is 3. The van der Waals surface area contributed by atoms with Crippen molar-refractivity contribution >= 4 is 45.4 Å². The van der Waals surface area contributed by atoms with Crippen LogP contribution in [0.2, 0.25) is 0 Å². The first-order chi connectivity index (χ1) is 12.5. The number of thiophene rings is 1. The van der Waals surface area contributed by atoms with Crippen LogP contribution in [-0.2, 0) is 16.0 Å². The van der Waals surface area contributed by atoms with E-state index in [1.165, 1.54) is 11.3 Å². The van der Waals surface area contributed by atoms with E-state index in [9.17, 15) is 14.4 Å². The van der Waals surface area contributed by atoms with Gasteiger partial charge in [-0.15, -0.1) is 11.3 Å². The SMILES string of the molecule is Cc1cc(NC(=O)C2CC2)sc1C(=O)Nc1ccc2c(c1)CCC(=O)N2. The van der Waals surface area contributed by atoms with Crippen molar-refractivity contribution in [2.75, 3.05) is 16.0 Å². The largest absolute Gasteiger partial charge is 0.326 e. The molecule has 4 rings (SSSR count). The number of fused-ring (bicyclic) bond motifs is 1. The molecule has 0 saturated heterocycles. The van der Waals surface area contributed by atoms with E-state index < -0.39 is 0 Å². The molecule has 3 amide bonds. The first kappa shape index (κ1) is 16.8. The number of benzene rings is 1. The lowest BCUT2D eigenvalue weighted by molar-refractivity contribution is -0.117. The van der Waals surface area contributed by atoms with Crippen LogP contribution in [-0.4, -0.2) is 17.7 Å². The minimum atomic E-state index is -0.195. The molecule has 7 heteroatoms. The summed E-state index contributed by atoms with van der Waals surface area (Å²) in [6.07, 6.45) is 3.02. The zero-order valence-corrected chi connectivity index (χ0v) is 15.2. The van der Waals surface area contributed by atoms with Gasteiger partial charge in [-0.25, -0.2) is 0 Å². The van der Waals surface area contributed by atoms with Gasteiger partial charge in [-0.2, -0.15) is 0 Å². The highest BCUT2D eigenvalue weighted by Gasteiger charge is 2.30. The van der Waals surface area contributed by atoms with Gasteiger partial charge >= 0.3 is 0 Å². The molecule has 1 aromatic heterocycles. The second-order valence-corrected chi connectivity index (χ2v) is 7.81. The average Bonchev–Trinajstić information content (AvgIpc) is 3.39. The maximum absolute atomic E-state index is 12.6. The molecule has 1 aliphatic heterocycles. The van der Waals surface area contributed by atoms with Crippen LogP contribution in [0.25, 0.3) is 0 Å². The second-order valence-electron chi connectivity index (χ2n) is 6.76. The van der Waals surface area contributed by atoms with E-state index in [0.29, 0.717) is 28.4 Å². The Kier molecular flexibility index (Phi) is 4.24. The van der Waals surface area contributed by atoms with Crippen molar-refractivity contribution in [1.82, 2.24) is 0 Å². The van der Waals surface area contributed by atoms with E-state index in [2.05, 4.69) is 16.0 Å². The van der Waals surface area contributed by atoms with Crippen molar-refractivity contribution in [2.45, 2.75) is 32.6 Å². The van der Waals surface area contributed by atoms with Crippen LogP contribution in [0.3, 0.4) is 0 Å². The molecule has 0 spiro atoms. The fraction of sp³-hybridized carbons (Fsp3) is 0.316. The fourth-order valence-electron chi connectivity index (χ4n) is 2.99. The normalized spacial score (nSPS) is 15.8. The van der Waals surface area contributed by atoms with Crippen molar-refractivity contribution in [3.05, 3.63) is 40.3 Å². The third-order valence-corrected chi connectivity index (χ3v) is 5.73. The highest BCUT2D eigenvalue weighted by molar-refractivity contribution is 7.18. The molecular formula is C19H19N3O3S. The van der Waals surface area contributed by atoms with E-state index in [1.807, 2.05) is 25.1 Å². The molecule has 0 bridgehead atoms. The van der Waals surface area contributed by atoms with E-state index in [0.717, 1.165) is 29.7 Å². The van der Waals surface area contributed by atoms with Crippen molar-refractivity contribution in [3.8, 4) is 0 Å². The first-order valence-electron chi connectivity index (χ1n) is 8.65. The maximum atomic E-state index is 12.6. The quantitative estimate of drug-likeness (QED) is 0.770. The molecule has 3 N–H and O–H groups in total. The maximum Gasteiger partial charge on any atom is 0.266 e. The zero-order chi connectivity index (χ0) is 18.3. The van der Waals surface area contributed by atoms with Gasteiger partial charge in [0, 0.05) is 23.7 Å². The fourth-order valence-corrected chi connectivity index (χ4v) is 3.96. The van der Waals surface area contributed by atoms with Crippen LogP contribution in [0.4, 0.5) is 16.4 Å². The van der Waals surface area contributed by atoms with Crippen LogP contribution >= 0.6 is 11.3 Å². The Hall–Kier alpha value is -2.67. The summed E-state index contributed by atoms with van der Waals surface area (Å²) < 4.78 is 0. The van der Waals surface area contributed by atoms with Gasteiger partial charge in [-0.3, -0.25) is 14.4 Å². The average molecular weight is 369 g/mol. The molecule has 6 nitrogen and oxygen atoms in total. The number of aryl methyl sites for hydroxylation is 2. The lowest BCUT2D eigenvalue weighted by atomic mass is 10.0. The van der Waals surface area contributed by atoms with Crippen molar-refractivity contribution in [3.63, 3.8) is 0 Å². The van der Waals surface area contributed by atoms with E-state index in [-0.39, 0.29) is 23.6 Å². The number of carbonyl (C=O) groups is 3. The highest BCUT2D eigenvalue weighted by Crippen LogP contribution is 2.33. The molecular weight excluding hydrogens is 350 g/mol. The standard InChI is InChI=1S/C19H19N3O3S/c1-10-8-16(22-18(24)11-2-3-11)26-17(10)19(25)20-13-5-6-14-12(9-13)4-7-15(23)21-14/h5-6,8-9,11H,2-4,7H2,1H3,(H,20,25)(H,21,23)(H,22,24). The lowest BCUT2D eigenvalue weighted by Crippen LogP contribution is -2.19. The van der Waals surface area contributed by atoms with Gasteiger partial charge in [0.25, 0.3) is 5.91 Å². The first-order valence-corrected chi connectivity index (χ1v) is 9.46. The second kappa shape index (κ2) is 6.57. The predicted octanol–water partition coefficient (Wildman–Crippen LogP) is 3.54. The van der Waals surface area contributed by atoms with Crippen LogP contribution in [0, 0.1) is 12.8 Å². The predicted molar refractivity (Wildman–Crippen MR) is 102 cm³/mol. The monoisotopic (exact) mass is 369 g/mol. The summed E-state index contributed by atoms with van der Waals surface area (Å²) in [4.78, 5) is 36.5. The number of nitrogens with one attached hydrogen (secondary N) is 3. The summed E-state index contributed by atoms with van der Waals surface area (Å²) in [7, 11) is 0. The Balaban J connectivity index is 1.47. The van der Waals surface area contributed by atoms with Gasteiger partial charge in [0.15, 0.2) is 0 Å². The minimum Gasteiger partial charge on any atom is -0.326 e. The third-order valence-electron chi connectivity index (χ3n) is 4.58. The van der Waals surface area contributed by atoms with Gasteiger partial charge in [0.2, 0.25) is 11.8 Å². The van der Waals surface area contributed by atoms with E-state index >= 15 is 0 Å². The Morgan fingerprint density at radius 1 is 1.15 bits per heavy atom. The molecule has 2 heterocycles. The Labute approximate surface area is 155 Å². The Bertz CT molecular complexity index is 915. The zero-order valence-electron chi connectivity index (χ0n) is 14.3. The summed E-state index contributed by atoms with van der Waals surface area (Å²) in [6.45, 7) is 1.86. The van der Waals surface area contributed by atoms with Gasteiger partial charge in [0.05, 0.1) is 9.88 Å². The molecule has 1 aliphatic carbocycles. The minimum absolute atomic E-state index is 0.0178. The Morgan fingerprint density at radius 2 is 1.96 bits per heavy atom. The summed E-state index contributed by atoms with van der Waals surface area (Å²) in [5.74, 6) is -0.0101. The number of amides is 3.